The summed E-state index contributed by atoms with van der Waals surface area (Å²) in [5.41, 5.74) is 2.17. The van der Waals surface area contributed by atoms with E-state index in [9.17, 15) is 9.59 Å². The predicted octanol–water partition coefficient (Wildman–Crippen LogP) is 3.81. The van der Waals surface area contributed by atoms with Gasteiger partial charge in [-0.2, -0.15) is 4.68 Å². The maximum Gasteiger partial charge on any atom is 0.282 e. The fourth-order valence-corrected chi connectivity index (χ4v) is 4.36. The molecule has 0 amide bonds. The molecule has 0 saturated carbocycles. The van der Waals surface area contributed by atoms with Crippen LogP contribution >= 0.6 is 11.6 Å². The minimum atomic E-state index is -0.282. The number of ether oxygens (including phenoxy) is 1. The molecule has 0 aliphatic rings. The molecule has 0 spiro atoms. The third kappa shape index (κ3) is 4.24. The van der Waals surface area contributed by atoms with Gasteiger partial charge in [-0.3, -0.25) is 14.3 Å². The van der Waals surface area contributed by atoms with Gasteiger partial charge >= 0.3 is 0 Å². The van der Waals surface area contributed by atoms with Gasteiger partial charge in [0.05, 0.1) is 36.8 Å². The first-order chi connectivity index (χ1) is 17.0. The van der Waals surface area contributed by atoms with Crippen LogP contribution in [-0.2, 0) is 13.1 Å². The van der Waals surface area contributed by atoms with E-state index < -0.39 is 0 Å². The van der Waals surface area contributed by atoms with Gasteiger partial charge < -0.3 is 9.30 Å². The molecule has 5 rings (SSSR count). The van der Waals surface area contributed by atoms with Crippen molar-refractivity contribution in [3.63, 3.8) is 0 Å². The maximum atomic E-state index is 13.8. The molecule has 0 aliphatic heterocycles. The molecule has 0 unspecified atom stereocenters. The molecule has 176 valence electrons. The number of rotatable bonds is 6. The van der Waals surface area contributed by atoms with Crippen LogP contribution in [0.4, 0.5) is 0 Å². The van der Waals surface area contributed by atoms with E-state index in [-0.39, 0.29) is 17.7 Å². The number of pyridine rings is 3. The van der Waals surface area contributed by atoms with Crippen molar-refractivity contribution >= 4 is 22.5 Å². The summed E-state index contributed by atoms with van der Waals surface area (Å²) in [7, 11) is 1.54. The van der Waals surface area contributed by atoms with Crippen LogP contribution in [0.1, 0.15) is 17.0 Å². The lowest BCUT2D eigenvalue weighted by atomic mass is 10.2. The third-order valence-electron chi connectivity index (χ3n) is 5.88. The summed E-state index contributed by atoms with van der Waals surface area (Å²) in [4.78, 5) is 35.9. The first-order valence-electron chi connectivity index (χ1n) is 11.0. The number of aryl methyl sites for hydroxylation is 1. The number of methoxy groups -OCH3 is 1. The third-order valence-corrected chi connectivity index (χ3v) is 6.12. The molecular weight excluding hydrogens is 466 g/mol. The number of benzene rings is 1. The Hall–Kier alpha value is -4.17. The Morgan fingerprint density at radius 1 is 0.971 bits per heavy atom. The molecule has 0 atom stereocenters. The highest BCUT2D eigenvalue weighted by Gasteiger charge is 2.21. The highest BCUT2D eigenvalue weighted by atomic mass is 35.5. The number of hydrogen-bond donors (Lipinski definition) is 0. The maximum absolute atomic E-state index is 13.8. The van der Waals surface area contributed by atoms with Crippen molar-refractivity contribution in [2.45, 2.75) is 20.0 Å². The zero-order chi connectivity index (χ0) is 24.5. The van der Waals surface area contributed by atoms with Crippen molar-refractivity contribution in [3.8, 4) is 11.7 Å². The van der Waals surface area contributed by atoms with Crippen LogP contribution in [0.3, 0.4) is 0 Å². The van der Waals surface area contributed by atoms with Gasteiger partial charge in [-0.05, 0) is 24.6 Å². The second-order valence-corrected chi connectivity index (χ2v) is 8.51. The molecule has 1 aromatic carbocycles. The molecule has 0 bridgehead atoms. The molecule has 0 fully saturated rings. The van der Waals surface area contributed by atoms with Gasteiger partial charge in [0.2, 0.25) is 5.88 Å². The fraction of sp³-hybridized carbons (Fsp3) is 0.154. The van der Waals surface area contributed by atoms with Crippen molar-refractivity contribution in [1.29, 1.82) is 0 Å². The van der Waals surface area contributed by atoms with Gasteiger partial charge in [0.1, 0.15) is 0 Å². The Bertz CT molecular complexity index is 1650. The average Bonchev–Trinajstić information content (AvgIpc) is 3.13. The molecule has 35 heavy (non-hydrogen) atoms. The molecule has 9 heteroatoms. The lowest BCUT2D eigenvalue weighted by Gasteiger charge is -2.13. The number of halogens is 1. The quantitative estimate of drug-likeness (QED) is 0.363. The Balaban J connectivity index is 1.75. The van der Waals surface area contributed by atoms with Gasteiger partial charge in [-0.1, -0.05) is 48.0 Å². The van der Waals surface area contributed by atoms with Gasteiger partial charge in [0, 0.05) is 35.1 Å². The average molecular weight is 488 g/mol. The van der Waals surface area contributed by atoms with Crippen LogP contribution in [0.5, 0.6) is 5.88 Å². The normalized spacial score (nSPS) is 11.2. The largest absolute Gasteiger partial charge is 0.481 e. The van der Waals surface area contributed by atoms with E-state index in [4.69, 9.17) is 16.3 Å². The van der Waals surface area contributed by atoms with Crippen LogP contribution in [0.15, 0.2) is 82.5 Å². The van der Waals surface area contributed by atoms with Crippen molar-refractivity contribution < 1.29 is 4.74 Å². The Labute approximate surface area is 205 Å². The molecule has 4 heterocycles. The van der Waals surface area contributed by atoms with Crippen LogP contribution < -0.4 is 15.9 Å². The van der Waals surface area contributed by atoms with E-state index in [1.54, 1.807) is 40.6 Å². The number of nitrogens with zero attached hydrogens (tertiary/aromatic N) is 5. The topological polar surface area (TPSA) is 83.9 Å². The van der Waals surface area contributed by atoms with E-state index in [0.29, 0.717) is 45.6 Å². The van der Waals surface area contributed by atoms with E-state index in [2.05, 4.69) is 9.97 Å². The monoisotopic (exact) mass is 487 g/mol. The van der Waals surface area contributed by atoms with E-state index in [1.165, 1.54) is 17.9 Å². The zero-order valence-electron chi connectivity index (χ0n) is 19.2. The molecule has 0 N–H and O–H groups in total. The summed E-state index contributed by atoms with van der Waals surface area (Å²) in [6.45, 7) is 2.35. The zero-order valence-corrected chi connectivity index (χ0v) is 19.9. The number of hydrogen-bond acceptors (Lipinski definition) is 5. The van der Waals surface area contributed by atoms with Crippen molar-refractivity contribution in [2.75, 3.05) is 7.11 Å². The van der Waals surface area contributed by atoms with Crippen LogP contribution in [0.2, 0.25) is 5.02 Å². The second-order valence-electron chi connectivity index (χ2n) is 8.08. The molecule has 4 aromatic heterocycles. The minimum Gasteiger partial charge on any atom is -0.481 e. The molecule has 5 aromatic rings. The van der Waals surface area contributed by atoms with Crippen molar-refractivity contribution in [3.05, 3.63) is 116 Å². The summed E-state index contributed by atoms with van der Waals surface area (Å²) in [5, 5.41) is 0.893. The van der Waals surface area contributed by atoms with Crippen molar-refractivity contribution in [2.24, 2.45) is 0 Å². The fourth-order valence-electron chi connectivity index (χ4n) is 4.21. The summed E-state index contributed by atoms with van der Waals surface area (Å²) < 4.78 is 10.0. The molecule has 0 radical (unpaired) electrons. The van der Waals surface area contributed by atoms with Gasteiger partial charge in [0.25, 0.3) is 11.1 Å². The van der Waals surface area contributed by atoms with Crippen LogP contribution in [-0.4, -0.2) is 31.0 Å². The Morgan fingerprint density at radius 3 is 2.51 bits per heavy atom. The second kappa shape index (κ2) is 9.23. The summed E-state index contributed by atoms with van der Waals surface area (Å²) in [6, 6.07) is 19.9. The number of aromatic nitrogens is 5. The minimum absolute atomic E-state index is 0.205. The Kier molecular flexibility index (Phi) is 5.96. The highest BCUT2D eigenvalue weighted by molar-refractivity contribution is 6.30. The van der Waals surface area contributed by atoms with Crippen LogP contribution in [0.25, 0.3) is 16.7 Å². The summed E-state index contributed by atoms with van der Waals surface area (Å²) >= 11 is 6.22. The molecular formula is C26H22ClN5O3. The van der Waals surface area contributed by atoms with Gasteiger partial charge in [0.15, 0.2) is 5.82 Å². The van der Waals surface area contributed by atoms with E-state index >= 15 is 0 Å². The van der Waals surface area contributed by atoms with E-state index in [0.717, 1.165) is 5.56 Å². The lowest BCUT2D eigenvalue weighted by Crippen LogP contribution is -2.24. The van der Waals surface area contributed by atoms with E-state index in [1.807, 2.05) is 42.5 Å². The molecule has 0 aliphatic carbocycles. The lowest BCUT2D eigenvalue weighted by molar-refractivity contribution is 0.395. The molecule has 0 saturated heterocycles. The van der Waals surface area contributed by atoms with Crippen molar-refractivity contribution in [1.82, 2.24) is 23.9 Å². The summed E-state index contributed by atoms with van der Waals surface area (Å²) in [5.74, 6) is 0.833. The first kappa shape index (κ1) is 22.6. The standard InChI is InChI=1S/C26H22ClN5O3/c1-17-25-21(14-24(33)30(17)16-20-9-6-10-23(29-20)35-2)31(15-18-7-4-3-5-8-18)32(26(25)34)22-13-19(27)11-12-28-22/h3-14H,15-16H2,1-2H3. The van der Waals surface area contributed by atoms with Gasteiger partial charge in [-0.15, -0.1) is 0 Å². The van der Waals surface area contributed by atoms with Gasteiger partial charge in [-0.25, -0.2) is 9.97 Å². The smallest absolute Gasteiger partial charge is 0.282 e. The Morgan fingerprint density at radius 2 is 1.77 bits per heavy atom. The first-order valence-corrected chi connectivity index (χ1v) is 11.4. The summed E-state index contributed by atoms with van der Waals surface area (Å²) in [6.07, 6.45) is 1.55. The SMILES string of the molecule is COc1cccc(Cn2c(C)c3c(=O)n(-c4cc(Cl)ccn4)n(Cc4ccccc4)c3cc2=O)n1. The van der Waals surface area contributed by atoms with Crippen LogP contribution in [0, 0.1) is 6.92 Å². The highest BCUT2D eigenvalue weighted by Crippen LogP contribution is 2.20. The predicted molar refractivity (Wildman–Crippen MR) is 135 cm³/mol. The number of fused-ring (bicyclic) bond motifs is 1. The molecule has 8 nitrogen and oxygen atoms in total.